The molecule has 0 N–H and O–H groups in total. The van der Waals surface area contributed by atoms with Gasteiger partial charge < -0.3 is 0 Å². The van der Waals surface area contributed by atoms with E-state index in [1.54, 1.807) is 0 Å². The van der Waals surface area contributed by atoms with Gasteiger partial charge in [-0.3, -0.25) is 4.79 Å². The second-order valence-electron chi connectivity index (χ2n) is 5.27. The minimum atomic E-state index is -0.598. The third kappa shape index (κ3) is 1.78. The van der Waals surface area contributed by atoms with Crippen LogP contribution in [0, 0.1) is 29.4 Å². The molecule has 0 saturated heterocycles. The normalized spacial score (nSPS) is 30.8. The largest absolute Gasteiger partial charge is 0.294 e. The Kier molecular flexibility index (Phi) is 2.49. The highest BCUT2D eigenvalue weighted by Crippen LogP contribution is 2.49. The van der Waals surface area contributed by atoms with E-state index in [9.17, 15) is 13.6 Å². The number of benzene rings is 1. The Labute approximate surface area is 98.8 Å². The fourth-order valence-electron chi connectivity index (χ4n) is 3.45. The SMILES string of the molecule is O=C(c1cc(F)ccc1F)C1CC2CCC1C2. The lowest BCUT2D eigenvalue weighted by molar-refractivity contribution is 0.0870. The van der Waals surface area contributed by atoms with Crippen LogP contribution in [0.1, 0.15) is 36.0 Å². The van der Waals surface area contributed by atoms with Crippen molar-refractivity contribution < 1.29 is 13.6 Å². The summed E-state index contributed by atoms with van der Waals surface area (Å²) in [4.78, 5) is 12.2. The number of hydrogen-bond donors (Lipinski definition) is 0. The van der Waals surface area contributed by atoms with Crippen LogP contribution in [-0.4, -0.2) is 5.78 Å². The van der Waals surface area contributed by atoms with Gasteiger partial charge in [0.05, 0.1) is 5.56 Å². The molecule has 2 bridgehead atoms. The highest BCUT2D eigenvalue weighted by molar-refractivity contribution is 5.98. The number of Topliss-reactive ketones (excluding diaryl/α,β-unsaturated/α-hetero) is 1. The Morgan fingerprint density at radius 3 is 2.65 bits per heavy atom. The number of rotatable bonds is 2. The lowest BCUT2D eigenvalue weighted by atomic mass is 9.83. The van der Waals surface area contributed by atoms with Crippen molar-refractivity contribution in [1.29, 1.82) is 0 Å². The van der Waals surface area contributed by atoms with E-state index in [-0.39, 0.29) is 17.3 Å². The Hall–Kier alpha value is -1.25. The van der Waals surface area contributed by atoms with E-state index in [4.69, 9.17) is 0 Å². The molecular formula is C14H14F2O. The van der Waals surface area contributed by atoms with Crippen LogP contribution in [0.2, 0.25) is 0 Å². The van der Waals surface area contributed by atoms with E-state index in [1.165, 1.54) is 6.42 Å². The first-order valence-corrected chi connectivity index (χ1v) is 6.14. The van der Waals surface area contributed by atoms with Gasteiger partial charge in [0.15, 0.2) is 5.78 Å². The van der Waals surface area contributed by atoms with Gasteiger partial charge in [0, 0.05) is 5.92 Å². The van der Waals surface area contributed by atoms with Crippen molar-refractivity contribution >= 4 is 5.78 Å². The maximum atomic E-state index is 13.5. The maximum Gasteiger partial charge on any atom is 0.169 e. The van der Waals surface area contributed by atoms with E-state index in [0.29, 0.717) is 11.8 Å². The molecule has 3 heteroatoms. The molecule has 2 saturated carbocycles. The molecule has 0 amide bonds. The first-order chi connectivity index (χ1) is 8.15. The molecule has 1 aromatic rings. The second-order valence-corrected chi connectivity index (χ2v) is 5.27. The number of ketones is 1. The Morgan fingerprint density at radius 1 is 1.18 bits per heavy atom. The number of carbonyl (C=O) groups excluding carboxylic acids is 1. The van der Waals surface area contributed by atoms with Crippen LogP contribution >= 0.6 is 0 Å². The summed E-state index contributed by atoms with van der Waals surface area (Å²) in [6.07, 6.45) is 4.21. The first kappa shape index (κ1) is 10.9. The van der Waals surface area contributed by atoms with Crippen molar-refractivity contribution in [1.82, 2.24) is 0 Å². The van der Waals surface area contributed by atoms with E-state index in [1.807, 2.05) is 0 Å². The zero-order valence-corrected chi connectivity index (χ0v) is 9.46. The van der Waals surface area contributed by atoms with Gasteiger partial charge >= 0.3 is 0 Å². The predicted molar refractivity (Wildman–Crippen MR) is 59.6 cm³/mol. The lowest BCUT2D eigenvalue weighted by Crippen LogP contribution is -2.22. The fourth-order valence-corrected chi connectivity index (χ4v) is 3.45. The fraction of sp³-hybridized carbons (Fsp3) is 0.500. The number of halogens is 2. The van der Waals surface area contributed by atoms with Crippen LogP contribution in [0.25, 0.3) is 0 Å². The summed E-state index contributed by atoms with van der Waals surface area (Å²) in [5.74, 6) is -0.392. The van der Waals surface area contributed by atoms with Gasteiger partial charge in [-0.25, -0.2) is 8.78 Å². The molecule has 3 unspecified atom stereocenters. The molecule has 0 spiro atoms. The molecule has 1 aromatic carbocycles. The first-order valence-electron chi connectivity index (χ1n) is 6.14. The van der Waals surface area contributed by atoms with Gasteiger partial charge in [0.25, 0.3) is 0 Å². The third-order valence-corrected chi connectivity index (χ3v) is 4.27. The Balaban J connectivity index is 1.89. The Morgan fingerprint density at radius 2 is 2.00 bits per heavy atom. The van der Waals surface area contributed by atoms with Crippen molar-refractivity contribution in [2.45, 2.75) is 25.7 Å². The van der Waals surface area contributed by atoms with Gasteiger partial charge in [-0.05, 0) is 49.3 Å². The summed E-state index contributed by atoms with van der Waals surface area (Å²) in [7, 11) is 0. The topological polar surface area (TPSA) is 17.1 Å². The molecule has 0 aliphatic heterocycles. The minimum Gasteiger partial charge on any atom is -0.294 e. The summed E-state index contributed by atoms with van der Waals surface area (Å²) < 4.78 is 26.6. The Bertz CT molecular complexity index is 469. The quantitative estimate of drug-likeness (QED) is 0.717. The number of carbonyl (C=O) groups is 1. The van der Waals surface area contributed by atoms with Gasteiger partial charge in [0.1, 0.15) is 11.6 Å². The summed E-state index contributed by atoms with van der Waals surface area (Å²) in [5, 5.41) is 0. The zero-order valence-electron chi connectivity index (χ0n) is 9.46. The summed E-state index contributed by atoms with van der Waals surface area (Å²) >= 11 is 0. The van der Waals surface area contributed by atoms with Crippen molar-refractivity contribution in [3.8, 4) is 0 Å². The smallest absolute Gasteiger partial charge is 0.169 e. The van der Waals surface area contributed by atoms with E-state index in [2.05, 4.69) is 0 Å². The van der Waals surface area contributed by atoms with Gasteiger partial charge in [-0.15, -0.1) is 0 Å². The summed E-state index contributed by atoms with van der Waals surface area (Å²) in [6, 6.07) is 3.12. The van der Waals surface area contributed by atoms with Crippen molar-refractivity contribution in [2.24, 2.45) is 17.8 Å². The average molecular weight is 236 g/mol. The molecule has 90 valence electrons. The van der Waals surface area contributed by atoms with Crippen LogP contribution in [0.4, 0.5) is 8.78 Å². The van der Waals surface area contributed by atoms with E-state index < -0.39 is 11.6 Å². The molecule has 0 aromatic heterocycles. The average Bonchev–Trinajstić information content (AvgIpc) is 2.93. The van der Waals surface area contributed by atoms with Crippen LogP contribution in [0.5, 0.6) is 0 Å². The standard InChI is InChI=1S/C14H14F2O/c15-10-3-4-13(16)12(7-10)14(17)11-6-8-1-2-9(11)5-8/h3-4,7-9,11H,1-2,5-6H2. The predicted octanol–water partition coefficient (Wildman–Crippen LogP) is 3.58. The van der Waals surface area contributed by atoms with Crippen LogP contribution in [0.15, 0.2) is 18.2 Å². The minimum absolute atomic E-state index is 0.0671. The van der Waals surface area contributed by atoms with Crippen LogP contribution in [0.3, 0.4) is 0 Å². The van der Waals surface area contributed by atoms with Gasteiger partial charge in [-0.2, -0.15) is 0 Å². The molecule has 3 atom stereocenters. The molecule has 1 nitrogen and oxygen atoms in total. The lowest BCUT2D eigenvalue weighted by Gasteiger charge is -2.20. The third-order valence-electron chi connectivity index (χ3n) is 4.27. The number of hydrogen-bond acceptors (Lipinski definition) is 1. The summed E-state index contributed by atoms with van der Waals surface area (Å²) in [5.41, 5.74) is -0.0671. The zero-order chi connectivity index (χ0) is 12.0. The van der Waals surface area contributed by atoms with Crippen molar-refractivity contribution in [3.63, 3.8) is 0 Å². The van der Waals surface area contributed by atoms with Gasteiger partial charge in [-0.1, -0.05) is 6.42 Å². The van der Waals surface area contributed by atoms with Gasteiger partial charge in [0.2, 0.25) is 0 Å². The van der Waals surface area contributed by atoms with Crippen molar-refractivity contribution in [3.05, 3.63) is 35.4 Å². The molecule has 2 aliphatic rings. The summed E-state index contributed by atoms with van der Waals surface area (Å²) in [6.45, 7) is 0. The van der Waals surface area contributed by atoms with Crippen LogP contribution < -0.4 is 0 Å². The number of fused-ring (bicyclic) bond motifs is 2. The molecule has 2 fully saturated rings. The molecular weight excluding hydrogens is 222 g/mol. The van der Waals surface area contributed by atoms with Crippen molar-refractivity contribution in [2.75, 3.05) is 0 Å². The van der Waals surface area contributed by atoms with E-state index in [0.717, 1.165) is 37.5 Å². The molecule has 2 aliphatic carbocycles. The molecule has 0 radical (unpaired) electrons. The molecule has 0 heterocycles. The monoisotopic (exact) mass is 236 g/mol. The van der Waals surface area contributed by atoms with E-state index >= 15 is 0 Å². The molecule has 3 rings (SSSR count). The molecule has 17 heavy (non-hydrogen) atoms. The highest BCUT2D eigenvalue weighted by atomic mass is 19.1. The second kappa shape index (κ2) is 3.90. The maximum absolute atomic E-state index is 13.5. The highest BCUT2D eigenvalue weighted by Gasteiger charge is 2.43. The van der Waals surface area contributed by atoms with Crippen LogP contribution in [-0.2, 0) is 0 Å².